The Kier molecular flexibility index (Phi) is 6.01. The fraction of sp³-hybridized carbons (Fsp3) is 0.562. The minimum absolute atomic E-state index is 0.205. The number of carboxylic acid groups (broad SMARTS) is 1. The van der Waals surface area contributed by atoms with Gasteiger partial charge in [0.2, 0.25) is 0 Å². The van der Waals surface area contributed by atoms with E-state index in [1.165, 1.54) is 6.26 Å². The van der Waals surface area contributed by atoms with Gasteiger partial charge in [0, 0.05) is 19.3 Å². The van der Waals surface area contributed by atoms with Crippen molar-refractivity contribution >= 4 is 15.8 Å². The number of sulfone groups is 1. The van der Waals surface area contributed by atoms with Gasteiger partial charge in [0.15, 0.2) is 6.61 Å². The van der Waals surface area contributed by atoms with Gasteiger partial charge in [0.25, 0.3) is 0 Å². The lowest BCUT2D eigenvalue weighted by Gasteiger charge is -2.32. The number of carbonyl (C=O) groups is 1. The van der Waals surface area contributed by atoms with E-state index in [1.54, 1.807) is 12.1 Å². The van der Waals surface area contributed by atoms with Crippen LogP contribution in [0.1, 0.15) is 18.4 Å². The number of likely N-dealkylation sites (tertiary alicyclic amines) is 1. The first-order chi connectivity index (χ1) is 10.8. The van der Waals surface area contributed by atoms with Crippen molar-refractivity contribution in [3.05, 3.63) is 29.8 Å². The molecule has 0 saturated carbocycles. The Morgan fingerprint density at radius 2 is 2.04 bits per heavy atom. The summed E-state index contributed by atoms with van der Waals surface area (Å²) in [6.45, 7) is 2.18. The van der Waals surface area contributed by atoms with Crippen LogP contribution in [-0.2, 0) is 21.2 Å². The first-order valence-corrected chi connectivity index (χ1v) is 9.71. The summed E-state index contributed by atoms with van der Waals surface area (Å²) in [5, 5.41) is 8.58. The Balaban J connectivity index is 1.87. The van der Waals surface area contributed by atoms with Gasteiger partial charge >= 0.3 is 5.97 Å². The van der Waals surface area contributed by atoms with Crippen LogP contribution in [0.5, 0.6) is 5.75 Å². The van der Waals surface area contributed by atoms with Crippen LogP contribution in [0.15, 0.2) is 24.3 Å². The van der Waals surface area contributed by atoms with Crippen LogP contribution in [0, 0.1) is 5.92 Å². The van der Waals surface area contributed by atoms with Gasteiger partial charge in [0.05, 0.1) is 5.75 Å². The molecule has 0 aromatic heterocycles. The van der Waals surface area contributed by atoms with Crippen LogP contribution in [-0.4, -0.2) is 56.1 Å². The zero-order valence-electron chi connectivity index (χ0n) is 13.3. The van der Waals surface area contributed by atoms with Crippen LogP contribution in [0.2, 0.25) is 0 Å². The van der Waals surface area contributed by atoms with E-state index in [4.69, 9.17) is 9.84 Å². The highest BCUT2D eigenvalue weighted by molar-refractivity contribution is 7.90. The van der Waals surface area contributed by atoms with Crippen LogP contribution >= 0.6 is 0 Å². The van der Waals surface area contributed by atoms with Gasteiger partial charge in [-0.05, 0) is 43.0 Å². The highest BCUT2D eigenvalue weighted by Gasteiger charge is 2.23. The topological polar surface area (TPSA) is 83.9 Å². The lowest BCUT2D eigenvalue weighted by atomic mass is 9.99. The summed E-state index contributed by atoms with van der Waals surface area (Å²) in [7, 11) is -2.93. The standard InChI is InChI=1S/C16H23NO5S/c1-23(20,21)12-14-3-2-8-17(10-14)9-13-4-6-15(7-5-13)22-11-16(18)19/h4-7,14H,2-3,8-12H2,1H3,(H,18,19)/t14-/m0/s1. The van der Waals surface area contributed by atoms with E-state index in [0.717, 1.165) is 38.0 Å². The maximum absolute atomic E-state index is 11.4. The van der Waals surface area contributed by atoms with E-state index < -0.39 is 15.8 Å². The predicted octanol–water partition coefficient (Wildman–Crippen LogP) is 1.41. The van der Waals surface area contributed by atoms with Gasteiger partial charge in [-0.2, -0.15) is 0 Å². The normalized spacial score (nSPS) is 19.4. The summed E-state index contributed by atoms with van der Waals surface area (Å²) in [6.07, 6.45) is 3.27. The zero-order chi connectivity index (χ0) is 16.9. The molecule has 1 heterocycles. The number of rotatable bonds is 7. The third-order valence-electron chi connectivity index (χ3n) is 3.83. The van der Waals surface area contributed by atoms with Gasteiger partial charge < -0.3 is 9.84 Å². The minimum atomic E-state index is -2.93. The average molecular weight is 341 g/mol. The number of benzene rings is 1. The number of hydrogen-bond donors (Lipinski definition) is 1. The smallest absolute Gasteiger partial charge is 0.341 e. The molecule has 0 spiro atoms. The second kappa shape index (κ2) is 7.79. The molecule has 2 rings (SSSR count). The molecule has 6 nitrogen and oxygen atoms in total. The molecule has 23 heavy (non-hydrogen) atoms. The molecule has 0 amide bonds. The Hall–Kier alpha value is -1.60. The summed E-state index contributed by atoms with van der Waals surface area (Å²) >= 11 is 0. The average Bonchev–Trinajstić information content (AvgIpc) is 2.45. The Bertz CT molecular complexity index is 626. The molecule has 0 bridgehead atoms. The van der Waals surface area contributed by atoms with Gasteiger partial charge in [-0.3, -0.25) is 4.90 Å². The van der Waals surface area contributed by atoms with Crippen molar-refractivity contribution in [2.45, 2.75) is 19.4 Å². The lowest BCUT2D eigenvalue weighted by molar-refractivity contribution is -0.139. The molecule has 1 atom stereocenters. The number of aliphatic carboxylic acids is 1. The van der Waals surface area contributed by atoms with Gasteiger partial charge in [-0.1, -0.05) is 12.1 Å². The van der Waals surface area contributed by atoms with Crippen molar-refractivity contribution < 1.29 is 23.1 Å². The molecule has 0 aliphatic carbocycles. The maximum Gasteiger partial charge on any atom is 0.341 e. The molecular formula is C16H23NO5S. The van der Waals surface area contributed by atoms with E-state index in [2.05, 4.69) is 4.90 Å². The molecule has 1 aliphatic heterocycles. The molecule has 1 aliphatic rings. The molecule has 0 radical (unpaired) electrons. The summed E-state index contributed by atoms with van der Waals surface area (Å²) in [5.74, 6) is -0.00756. The molecule has 1 aromatic rings. The zero-order valence-corrected chi connectivity index (χ0v) is 14.1. The van der Waals surface area contributed by atoms with Gasteiger partial charge in [-0.15, -0.1) is 0 Å². The maximum atomic E-state index is 11.4. The summed E-state index contributed by atoms with van der Waals surface area (Å²) in [6, 6.07) is 7.35. The molecule has 0 unspecified atom stereocenters. The SMILES string of the molecule is CS(=O)(=O)C[C@H]1CCCN(Cc2ccc(OCC(=O)O)cc2)C1. The summed E-state index contributed by atoms with van der Waals surface area (Å²) in [4.78, 5) is 12.7. The molecule has 1 saturated heterocycles. The fourth-order valence-corrected chi connectivity index (χ4v) is 4.08. The Morgan fingerprint density at radius 1 is 1.35 bits per heavy atom. The summed E-state index contributed by atoms with van der Waals surface area (Å²) < 4.78 is 28.0. The second-order valence-corrected chi connectivity index (χ2v) is 8.35. The van der Waals surface area contributed by atoms with E-state index in [-0.39, 0.29) is 18.3 Å². The number of piperidine rings is 1. The molecule has 1 fully saturated rings. The number of nitrogens with zero attached hydrogens (tertiary/aromatic N) is 1. The first kappa shape index (κ1) is 17.7. The Labute approximate surface area is 137 Å². The predicted molar refractivity (Wildman–Crippen MR) is 87.3 cm³/mol. The number of ether oxygens (including phenoxy) is 1. The highest BCUT2D eigenvalue weighted by atomic mass is 32.2. The van der Waals surface area contributed by atoms with Crippen molar-refractivity contribution in [1.29, 1.82) is 0 Å². The van der Waals surface area contributed by atoms with Crippen molar-refractivity contribution in [1.82, 2.24) is 4.90 Å². The van der Waals surface area contributed by atoms with Crippen LogP contribution < -0.4 is 4.74 Å². The van der Waals surface area contributed by atoms with Gasteiger partial charge in [-0.25, -0.2) is 13.2 Å². The quantitative estimate of drug-likeness (QED) is 0.807. The number of hydrogen-bond acceptors (Lipinski definition) is 5. The van der Waals surface area contributed by atoms with E-state index in [9.17, 15) is 13.2 Å². The van der Waals surface area contributed by atoms with Gasteiger partial charge in [0.1, 0.15) is 15.6 Å². The van der Waals surface area contributed by atoms with E-state index >= 15 is 0 Å². The molecule has 128 valence electrons. The summed E-state index contributed by atoms with van der Waals surface area (Å²) in [5.41, 5.74) is 1.10. The fourth-order valence-electron chi connectivity index (χ4n) is 2.95. The lowest BCUT2D eigenvalue weighted by Crippen LogP contribution is -2.37. The molecule has 1 aromatic carbocycles. The van der Waals surface area contributed by atoms with E-state index in [0.29, 0.717) is 5.75 Å². The highest BCUT2D eigenvalue weighted by Crippen LogP contribution is 2.21. The first-order valence-electron chi connectivity index (χ1n) is 7.65. The van der Waals surface area contributed by atoms with Crippen LogP contribution in [0.4, 0.5) is 0 Å². The van der Waals surface area contributed by atoms with Crippen LogP contribution in [0.25, 0.3) is 0 Å². The van der Waals surface area contributed by atoms with Crippen molar-refractivity contribution in [2.24, 2.45) is 5.92 Å². The molecule has 1 N–H and O–H groups in total. The largest absolute Gasteiger partial charge is 0.482 e. The van der Waals surface area contributed by atoms with Crippen molar-refractivity contribution in [2.75, 3.05) is 31.7 Å². The van der Waals surface area contributed by atoms with E-state index in [1.807, 2.05) is 12.1 Å². The molecular weight excluding hydrogens is 318 g/mol. The Morgan fingerprint density at radius 3 is 2.65 bits per heavy atom. The molecule has 7 heteroatoms. The number of carboxylic acids is 1. The van der Waals surface area contributed by atoms with Crippen molar-refractivity contribution in [3.63, 3.8) is 0 Å². The van der Waals surface area contributed by atoms with Crippen molar-refractivity contribution in [3.8, 4) is 5.75 Å². The monoisotopic (exact) mass is 341 g/mol. The van der Waals surface area contributed by atoms with Crippen LogP contribution in [0.3, 0.4) is 0 Å². The third-order valence-corrected chi connectivity index (χ3v) is 4.91. The third kappa shape index (κ3) is 6.58. The minimum Gasteiger partial charge on any atom is -0.482 e. The second-order valence-electron chi connectivity index (χ2n) is 6.16.